The van der Waals surface area contributed by atoms with Gasteiger partial charge in [-0.15, -0.1) is 0 Å². The molecule has 1 aromatic heterocycles. The van der Waals surface area contributed by atoms with Crippen molar-refractivity contribution in [2.45, 2.75) is 20.0 Å². The molecular formula is C28H24N4O2. The second-order valence-electron chi connectivity index (χ2n) is 8.28. The summed E-state index contributed by atoms with van der Waals surface area (Å²) in [5, 5.41) is 6.84. The molecule has 5 rings (SSSR count). The fraction of sp³-hybridized carbons (Fsp3) is 0.107. The van der Waals surface area contributed by atoms with Crippen LogP contribution >= 0.6 is 0 Å². The molecule has 6 heteroatoms. The maximum absolute atomic E-state index is 12.0. The molecule has 168 valence electrons. The lowest BCUT2D eigenvalue weighted by Gasteiger charge is -2.16. The Morgan fingerprint density at radius 3 is 2.24 bits per heavy atom. The lowest BCUT2D eigenvalue weighted by molar-refractivity contribution is 0.100. The summed E-state index contributed by atoms with van der Waals surface area (Å²) in [6, 6.07) is 23.2. The van der Waals surface area contributed by atoms with E-state index in [1.165, 1.54) is 0 Å². The Bertz CT molecular complexity index is 1430. The topological polar surface area (TPSA) is 86.9 Å². The predicted octanol–water partition coefficient (Wildman–Crippen LogP) is 5.34. The summed E-state index contributed by atoms with van der Waals surface area (Å²) in [5.74, 6) is 0.772. The fourth-order valence-electron chi connectivity index (χ4n) is 4.26. The lowest BCUT2D eigenvalue weighted by Crippen LogP contribution is -2.22. The second-order valence-corrected chi connectivity index (χ2v) is 8.28. The third kappa shape index (κ3) is 4.01. The van der Waals surface area contributed by atoms with Gasteiger partial charge in [0.05, 0.1) is 17.6 Å². The number of carbonyl (C=O) groups excluding carboxylic acids is 2. The van der Waals surface area contributed by atoms with Crippen LogP contribution in [0.15, 0.2) is 85.2 Å². The van der Waals surface area contributed by atoms with Crippen molar-refractivity contribution in [3.63, 3.8) is 0 Å². The van der Waals surface area contributed by atoms with Gasteiger partial charge in [-0.3, -0.25) is 9.59 Å². The van der Waals surface area contributed by atoms with Crippen molar-refractivity contribution in [1.82, 2.24) is 20.6 Å². The van der Waals surface area contributed by atoms with Crippen LogP contribution < -0.4 is 10.6 Å². The number of carbonyl (C=O) groups is 2. The van der Waals surface area contributed by atoms with Crippen molar-refractivity contribution >= 4 is 17.3 Å². The molecule has 0 bridgehead atoms. The largest absolute Gasteiger partial charge is 0.366 e. The molecule has 0 fully saturated rings. The molecular weight excluding hydrogens is 424 g/mol. The first-order chi connectivity index (χ1) is 16.5. The maximum atomic E-state index is 12.0. The standard InChI is InChI=1S/C28H24N4O2/c1-17(33)21-10-3-5-12-23(21)25-15-29-27(31-25)19-8-7-9-20(14-19)28-30-16-26(32-28)24-13-6-4-11-22(24)18(2)34/h3-16,27,29,31H,1-2H3,(H,30,32). The van der Waals surface area contributed by atoms with E-state index in [0.29, 0.717) is 11.1 Å². The van der Waals surface area contributed by atoms with E-state index in [2.05, 4.69) is 26.7 Å². The number of aromatic nitrogens is 2. The van der Waals surface area contributed by atoms with Gasteiger partial charge in [0.15, 0.2) is 11.6 Å². The van der Waals surface area contributed by atoms with Gasteiger partial charge in [-0.05, 0) is 25.5 Å². The second kappa shape index (κ2) is 8.83. The van der Waals surface area contributed by atoms with Gasteiger partial charge in [0.1, 0.15) is 12.0 Å². The van der Waals surface area contributed by atoms with Crippen molar-refractivity contribution in [2.75, 3.05) is 0 Å². The van der Waals surface area contributed by atoms with E-state index in [-0.39, 0.29) is 17.7 Å². The van der Waals surface area contributed by atoms with Crippen LogP contribution in [-0.4, -0.2) is 21.5 Å². The molecule has 0 saturated heterocycles. The number of nitrogens with zero attached hydrogens (tertiary/aromatic N) is 1. The number of aromatic amines is 1. The quantitative estimate of drug-likeness (QED) is 0.347. The number of Topliss-reactive ketones (excluding diaryl/α,β-unsaturated/α-hetero) is 2. The van der Waals surface area contributed by atoms with Crippen LogP contribution in [0.1, 0.15) is 51.9 Å². The number of H-pyrrole nitrogens is 1. The molecule has 3 N–H and O–H groups in total. The van der Waals surface area contributed by atoms with E-state index in [4.69, 9.17) is 0 Å². The highest BCUT2D eigenvalue weighted by atomic mass is 16.1. The Kier molecular flexibility index (Phi) is 5.55. The van der Waals surface area contributed by atoms with Crippen LogP contribution in [0.4, 0.5) is 0 Å². The highest BCUT2D eigenvalue weighted by Gasteiger charge is 2.21. The minimum Gasteiger partial charge on any atom is -0.366 e. The molecule has 1 aliphatic rings. The van der Waals surface area contributed by atoms with Crippen molar-refractivity contribution in [3.05, 3.63) is 107 Å². The molecule has 1 unspecified atom stereocenters. The van der Waals surface area contributed by atoms with E-state index in [0.717, 1.165) is 39.5 Å². The van der Waals surface area contributed by atoms with Gasteiger partial charge in [0.25, 0.3) is 0 Å². The average molecular weight is 449 g/mol. The van der Waals surface area contributed by atoms with Crippen LogP contribution in [0.3, 0.4) is 0 Å². The van der Waals surface area contributed by atoms with Crippen molar-refractivity contribution in [2.24, 2.45) is 0 Å². The highest BCUT2D eigenvalue weighted by Crippen LogP contribution is 2.29. The van der Waals surface area contributed by atoms with E-state index < -0.39 is 0 Å². The number of imidazole rings is 1. The Hall–Kier alpha value is -4.45. The summed E-state index contributed by atoms with van der Waals surface area (Å²) in [7, 11) is 0. The van der Waals surface area contributed by atoms with Crippen LogP contribution in [-0.2, 0) is 0 Å². The lowest BCUT2D eigenvalue weighted by atomic mass is 10.0. The van der Waals surface area contributed by atoms with Crippen LogP contribution in [0.2, 0.25) is 0 Å². The molecule has 0 amide bonds. The Balaban J connectivity index is 1.39. The Morgan fingerprint density at radius 1 is 0.824 bits per heavy atom. The van der Waals surface area contributed by atoms with Crippen molar-refractivity contribution < 1.29 is 9.59 Å². The first-order valence-corrected chi connectivity index (χ1v) is 11.1. The van der Waals surface area contributed by atoms with Gasteiger partial charge in [-0.25, -0.2) is 4.98 Å². The average Bonchev–Trinajstić information content (AvgIpc) is 3.55. The zero-order chi connectivity index (χ0) is 23.7. The first-order valence-electron chi connectivity index (χ1n) is 11.1. The summed E-state index contributed by atoms with van der Waals surface area (Å²) in [6.45, 7) is 3.15. The molecule has 0 aliphatic carbocycles. The number of benzene rings is 3. The third-order valence-electron chi connectivity index (χ3n) is 5.96. The minimum atomic E-state index is -0.136. The van der Waals surface area contributed by atoms with E-state index in [1.807, 2.05) is 72.9 Å². The number of rotatable bonds is 6. The van der Waals surface area contributed by atoms with Gasteiger partial charge < -0.3 is 15.6 Å². The van der Waals surface area contributed by atoms with Gasteiger partial charge >= 0.3 is 0 Å². The molecule has 1 atom stereocenters. The zero-order valence-corrected chi connectivity index (χ0v) is 18.9. The smallest absolute Gasteiger partial charge is 0.160 e. The van der Waals surface area contributed by atoms with Crippen LogP contribution in [0, 0.1) is 0 Å². The number of ketones is 2. The highest BCUT2D eigenvalue weighted by molar-refractivity contribution is 6.00. The zero-order valence-electron chi connectivity index (χ0n) is 18.9. The molecule has 0 saturated carbocycles. The Labute approximate surface area is 197 Å². The van der Waals surface area contributed by atoms with Crippen molar-refractivity contribution in [3.8, 4) is 22.6 Å². The molecule has 34 heavy (non-hydrogen) atoms. The summed E-state index contributed by atoms with van der Waals surface area (Å²) < 4.78 is 0. The minimum absolute atomic E-state index is 0.0155. The normalized spacial score (nSPS) is 14.8. The summed E-state index contributed by atoms with van der Waals surface area (Å²) in [6.07, 6.45) is 3.53. The van der Waals surface area contributed by atoms with Crippen molar-refractivity contribution in [1.29, 1.82) is 0 Å². The van der Waals surface area contributed by atoms with Gasteiger partial charge in [-0.2, -0.15) is 0 Å². The fourth-order valence-corrected chi connectivity index (χ4v) is 4.26. The molecule has 2 heterocycles. The summed E-state index contributed by atoms with van der Waals surface area (Å²) >= 11 is 0. The molecule has 3 aromatic carbocycles. The number of hydrogen-bond acceptors (Lipinski definition) is 5. The molecule has 1 aliphatic heterocycles. The van der Waals surface area contributed by atoms with Gasteiger partial charge in [0, 0.05) is 34.0 Å². The van der Waals surface area contributed by atoms with Crippen LogP contribution in [0.25, 0.3) is 28.3 Å². The SMILES string of the molecule is CC(=O)c1ccccc1C1=CNC(c2cccc(-c3ncc(-c4ccccc4C(C)=O)[nH]3)c2)N1. The molecule has 6 nitrogen and oxygen atoms in total. The molecule has 0 spiro atoms. The number of hydrogen-bond donors (Lipinski definition) is 3. The summed E-state index contributed by atoms with van der Waals surface area (Å²) in [4.78, 5) is 32.0. The predicted molar refractivity (Wildman–Crippen MR) is 133 cm³/mol. The third-order valence-corrected chi connectivity index (χ3v) is 5.96. The van der Waals surface area contributed by atoms with Gasteiger partial charge in [-0.1, -0.05) is 66.7 Å². The maximum Gasteiger partial charge on any atom is 0.160 e. The molecule has 4 aromatic rings. The first kappa shape index (κ1) is 21.4. The summed E-state index contributed by atoms with van der Waals surface area (Å²) in [5.41, 5.74) is 6.71. The van der Waals surface area contributed by atoms with E-state index in [1.54, 1.807) is 20.0 Å². The van der Waals surface area contributed by atoms with E-state index in [9.17, 15) is 9.59 Å². The Morgan fingerprint density at radius 2 is 1.50 bits per heavy atom. The molecule has 0 radical (unpaired) electrons. The van der Waals surface area contributed by atoms with Crippen LogP contribution in [0.5, 0.6) is 0 Å². The number of nitrogens with one attached hydrogen (secondary N) is 3. The monoisotopic (exact) mass is 448 g/mol. The van der Waals surface area contributed by atoms with Gasteiger partial charge in [0.2, 0.25) is 0 Å². The van der Waals surface area contributed by atoms with E-state index >= 15 is 0 Å².